The van der Waals surface area contributed by atoms with Gasteiger partial charge in [0.1, 0.15) is 16.7 Å². The molecule has 2 aromatic rings. The second kappa shape index (κ2) is 10.4. The molecule has 1 saturated heterocycles. The van der Waals surface area contributed by atoms with Gasteiger partial charge in [0.2, 0.25) is 15.9 Å². The van der Waals surface area contributed by atoms with Crippen molar-refractivity contribution in [2.75, 3.05) is 32.8 Å². The molecule has 0 aromatic heterocycles. The summed E-state index contributed by atoms with van der Waals surface area (Å²) < 4.78 is 43.5. The van der Waals surface area contributed by atoms with E-state index in [1.54, 1.807) is 12.1 Å². The molecule has 33 heavy (non-hydrogen) atoms. The van der Waals surface area contributed by atoms with Gasteiger partial charge in [0, 0.05) is 19.2 Å². The molecule has 0 aliphatic carbocycles. The number of carbonyl (C=O) groups excluding carboxylic acids is 2. The maximum atomic E-state index is 13.6. The van der Waals surface area contributed by atoms with Crippen LogP contribution in [0.2, 0.25) is 10.0 Å². The molecule has 0 N–H and O–H groups in total. The number of anilines is 1. The Hall–Kier alpha value is -2.21. The molecule has 3 rings (SSSR count). The summed E-state index contributed by atoms with van der Waals surface area (Å²) in [6, 6.07) is 8.88. The highest BCUT2D eigenvalue weighted by atomic mass is 35.5. The molecule has 9 nitrogen and oxygen atoms in total. The lowest BCUT2D eigenvalue weighted by atomic mass is 10.2. The van der Waals surface area contributed by atoms with Crippen molar-refractivity contribution in [3.05, 3.63) is 52.5 Å². The Balaban J connectivity index is 2.04. The van der Waals surface area contributed by atoms with Crippen molar-refractivity contribution in [2.24, 2.45) is 0 Å². The maximum absolute atomic E-state index is 13.6. The molecule has 178 valence electrons. The quantitative estimate of drug-likeness (QED) is 0.372. The van der Waals surface area contributed by atoms with Gasteiger partial charge in [-0.3, -0.25) is 9.59 Å². The van der Waals surface area contributed by atoms with E-state index in [2.05, 4.69) is 0 Å². The van der Waals surface area contributed by atoms with Crippen LogP contribution in [0.3, 0.4) is 0 Å². The molecule has 1 atom stereocenters. The molecule has 0 spiro atoms. The Morgan fingerprint density at radius 1 is 1.06 bits per heavy atom. The SMILES string of the molecule is COc1ccc(N2C(=O)CC(N(CC(OC)OC)S(=O)(=O)c3cc(Cl)ccc3Cl)C2=O)cc1. The minimum Gasteiger partial charge on any atom is -0.497 e. The minimum atomic E-state index is -4.39. The summed E-state index contributed by atoms with van der Waals surface area (Å²) >= 11 is 12.1. The second-order valence-corrected chi connectivity index (χ2v) is 9.74. The van der Waals surface area contributed by atoms with Gasteiger partial charge in [-0.1, -0.05) is 23.2 Å². The van der Waals surface area contributed by atoms with Gasteiger partial charge in [0.05, 0.1) is 30.8 Å². The zero-order valence-electron chi connectivity index (χ0n) is 18.0. The monoisotopic (exact) mass is 516 g/mol. The van der Waals surface area contributed by atoms with Crippen LogP contribution < -0.4 is 9.64 Å². The predicted octanol–water partition coefficient (Wildman–Crippen LogP) is 2.94. The van der Waals surface area contributed by atoms with E-state index < -0.39 is 34.2 Å². The van der Waals surface area contributed by atoms with Gasteiger partial charge < -0.3 is 14.2 Å². The molecule has 2 aromatic carbocycles. The molecule has 0 bridgehead atoms. The predicted molar refractivity (Wildman–Crippen MR) is 122 cm³/mol. The topological polar surface area (TPSA) is 102 Å². The Labute approximate surface area is 201 Å². The summed E-state index contributed by atoms with van der Waals surface area (Å²) in [5.74, 6) is -0.728. The molecule has 0 saturated carbocycles. The highest BCUT2D eigenvalue weighted by molar-refractivity contribution is 7.89. The Kier molecular flexibility index (Phi) is 7.99. The number of sulfonamides is 1. The summed E-state index contributed by atoms with van der Waals surface area (Å²) in [6.45, 7) is -0.363. The average Bonchev–Trinajstić information content (AvgIpc) is 3.09. The lowest BCUT2D eigenvalue weighted by Gasteiger charge is -2.29. The van der Waals surface area contributed by atoms with E-state index in [1.807, 2.05) is 0 Å². The summed E-state index contributed by atoms with van der Waals surface area (Å²) in [5, 5.41) is 0.0567. The number of ether oxygens (including phenoxy) is 3. The molecular weight excluding hydrogens is 495 g/mol. The zero-order valence-corrected chi connectivity index (χ0v) is 20.4. The van der Waals surface area contributed by atoms with E-state index in [0.29, 0.717) is 11.4 Å². The first kappa shape index (κ1) is 25.4. The third-order valence-electron chi connectivity index (χ3n) is 5.14. The number of rotatable bonds is 9. The van der Waals surface area contributed by atoms with Gasteiger partial charge in [0.15, 0.2) is 6.29 Å². The minimum absolute atomic E-state index is 0.0837. The van der Waals surface area contributed by atoms with Crippen LogP contribution in [0.4, 0.5) is 5.69 Å². The average molecular weight is 517 g/mol. The van der Waals surface area contributed by atoms with E-state index in [9.17, 15) is 18.0 Å². The van der Waals surface area contributed by atoms with Crippen LogP contribution >= 0.6 is 23.2 Å². The normalized spacial score (nSPS) is 16.8. The third-order valence-corrected chi connectivity index (χ3v) is 7.73. The summed E-state index contributed by atoms with van der Waals surface area (Å²) in [6.07, 6.45) is -1.38. The van der Waals surface area contributed by atoms with Crippen LogP contribution in [0.25, 0.3) is 0 Å². The zero-order chi connectivity index (χ0) is 24.3. The Morgan fingerprint density at radius 3 is 2.27 bits per heavy atom. The van der Waals surface area contributed by atoms with E-state index in [-0.39, 0.29) is 27.9 Å². The van der Waals surface area contributed by atoms with Crippen LogP contribution in [0.15, 0.2) is 47.4 Å². The summed E-state index contributed by atoms with van der Waals surface area (Å²) in [7, 11) is -0.239. The molecule has 1 aliphatic heterocycles. The number of amides is 2. The van der Waals surface area contributed by atoms with Crippen molar-refractivity contribution in [1.29, 1.82) is 0 Å². The third kappa shape index (κ3) is 5.16. The molecule has 1 aliphatic rings. The van der Waals surface area contributed by atoms with Gasteiger partial charge in [-0.25, -0.2) is 13.3 Å². The van der Waals surface area contributed by atoms with Crippen LogP contribution in [-0.2, 0) is 29.1 Å². The number of imide groups is 1. The van der Waals surface area contributed by atoms with Gasteiger partial charge in [-0.15, -0.1) is 0 Å². The van der Waals surface area contributed by atoms with Crippen molar-refractivity contribution in [3.63, 3.8) is 0 Å². The van der Waals surface area contributed by atoms with E-state index in [1.165, 1.54) is 51.7 Å². The highest BCUT2D eigenvalue weighted by Gasteiger charge is 2.48. The van der Waals surface area contributed by atoms with Crippen LogP contribution in [0.5, 0.6) is 5.75 Å². The van der Waals surface area contributed by atoms with Crippen molar-refractivity contribution >= 4 is 50.7 Å². The Bertz CT molecular complexity index is 1140. The fraction of sp³-hybridized carbons (Fsp3) is 0.333. The number of benzene rings is 2. The number of hydrogen-bond donors (Lipinski definition) is 0. The van der Waals surface area contributed by atoms with Crippen LogP contribution in [0, 0.1) is 0 Å². The number of hydrogen-bond acceptors (Lipinski definition) is 7. The van der Waals surface area contributed by atoms with Crippen molar-refractivity contribution in [1.82, 2.24) is 4.31 Å². The lowest BCUT2D eigenvalue weighted by molar-refractivity contribution is -0.125. The first-order valence-electron chi connectivity index (χ1n) is 9.67. The molecule has 1 fully saturated rings. The largest absolute Gasteiger partial charge is 0.497 e. The van der Waals surface area contributed by atoms with Gasteiger partial charge in [0.25, 0.3) is 5.91 Å². The van der Waals surface area contributed by atoms with Crippen LogP contribution in [0.1, 0.15) is 6.42 Å². The first-order chi connectivity index (χ1) is 15.6. The van der Waals surface area contributed by atoms with E-state index in [0.717, 1.165) is 9.21 Å². The number of methoxy groups -OCH3 is 3. The maximum Gasteiger partial charge on any atom is 0.252 e. The van der Waals surface area contributed by atoms with Gasteiger partial charge >= 0.3 is 0 Å². The lowest BCUT2D eigenvalue weighted by Crippen LogP contribution is -2.49. The molecule has 12 heteroatoms. The standard InChI is InChI=1S/C21H22Cl2N2O7S/c1-30-15-7-5-14(6-8-15)25-19(26)11-17(21(25)27)24(12-20(31-2)32-3)33(28,29)18-10-13(22)4-9-16(18)23/h4-10,17,20H,11-12H2,1-3H3. The molecule has 1 unspecified atom stereocenters. The molecular formula is C21H22Cl2N2O7S. The number of nitrogens with zero attached hydrogens (tertiary/aromatic N) is 2. The van der Waals surface area contributed by atoms with Gasteiger partial charge in [-0.05, 0) is 42.5 Å². The highest BCUT2D eigenvalue weighted by Crippen LogP contribution is 2.33. The first-order valence-corrected chi connectivity index (χ1v) is 11.9. The molecule has 1 heterocycles. The van der Waals surface area contributed by atoms with Crippen molar-refractivity contribution < 1.29 is 32.2 Å². The van der Waals surface area contributed by atoms with Crippen molar-refractivity contribution in [3.8, 4) is 5.75 Å². The molecule has 2 amide bonds. The Morgan fingerprint density at radius 2 is 1.70 bits per heavy atom. The summed E-state index contributed by atoms with van der Waals surface area (Å²) in [5.41, 5.74) is 0.293. The fourth-order valence-corrected chi connectivity index (χ4v) is 5.74. The number of carbonyl (C=O) groups is 2. The summed E-state index contributed by atoms with van der Waals surface area (Å²) in [4.78, 5) is 26.8. The van der Waals surface area contributed by atoms with E-state index >= 15 is 0 Å². The van der Waals surface area contributed by atoms with Crippen molar-refractivity contribution in [2.45, 2.75) is 23.6 Å². The molecule has 0 radical (unpaired) electrons. The van der Waals surface area contributed by atoms with E-state index in [4.69, 9.17) is 37.4 Å². The fourth-order valence-electron chi connectivity index (χ4n) is 3.43. The number of halogens is 2. The van der Waals surface area contributed by atoms with Crippen LogP contribution in [-0.4, -0.2) is 64.7 Å². The second-order valence-electron chi connectivity index (χ2n) is 7.04. The smallest absolute Gasteiger partial charge is 0.252 e. The van der Waals surface area contributed by atoms with Gasteiger partial charge in [-0.2, -0.15) is 4.31 Å².